The van der Waals surface area contributed by atoms with Crippen molar-refractivity contribution < 1.29 is 14.0 Å². The Morgan fingerprint density at radius 2 is 1.75 bits per heavy atom. The summed E-state index contributed by atoms with van der Waals surface area (Å²) in [7, 11) is 1.64. The van der Waals surface area contributed by atoms with Crippen molar-refractivity contribution in [3.8, 4) is 22.9 Å². The predicted octanol–water partition coefficient (Wildman–Crippen LogP) is 4.86. The second-order valence-corrected chi connectivity index (χ2v) is 11.3. The second kappa shape index (κ2) is 10.4. The molecule has 2 heterocycles. The van der Waals surface area contributed by atoms with Crippen LogP contribution >= 0.6 is 0 Å². The Labute approximate surface area is 233 Å². The van der Waals surface area contributed by atoms with Crippen LogP contribution in [0.4, 0.5) is 9.18 Å². The van der Waals surface area contributed by atoms with E-state index in [1.807, 2.05) is 6.20 Å². The Kier molecular flexibility index (Phi) is 6.78. The van der Waals surface area contributed by atoms with E-state index >= 15 is 0 Å². The largest absolute Gasteiger partial charge is 0.341 e. The van der Waals surface area contributed by atoms with Gasteiger partial charge >= 0.3 is 6.03 Å². The number of amides is 3. The van der Waals surface area contributed by atoms with Gasteiger partial charge in [-0.2, -0.15) is 10.4 Å². The lowest BCUT2D eigenvalue weighted by atomic mass is 9.75. The summed E-state index contributed by atoms with van der Waals surface area (Å²) in [4.78, 5) is 27.1. The molecule has 2 aliphatic carbocycles. The molecule has 1 aromatic heterocycles. The highest BCUT2D eigenvalue weighted by Gasteiger charge is 2.47. The van der Waals surface area contributed by atoms with Crippen LogP contribution in [0.5, 0.6) is 0 Å². The lowest BCUT2D eigenvalue weighted by molar-refractivity contribution is -0.127. The van der Waals surface area contributed by atoms with Gasteiger partial charge in [-0.05, 0) is 61.1 Å². The summed E-state index contributed by atoms with van der Waals surface area (Å²) in [5.74, 6) is -0.429. The summed E-state index contributed by atoms with van der Waals surface area (Å²) in [5.41, 5.74) is 4.01. The van der Waals surface area contributed by atoms with E-state index in [2.05, 4.69) is 41.0 Å². The fraction of sp³-hybridized carbons (Fsp3) is 0.419. The maximum absolute atomic E-state index is 13.7. The molecule has 0 unspecified atom stereocenters. The molecule has 1 aliphatic heterocycles. The van der Waals surface area contributed by atoms with Crippen molar-refractivity contribution in [1.29, 1.82) is 5.26 Å². The van der Waals surface area contributed by atoms with Crippen molar-refractivity contribution in [3.05, 3.63) is 71.8 Å². The molecule has 3 aliphatic rings. The predicted molar refractivity (Wildman–Crippen MR) is 148 cm³/mol. The average molecular weight is 541 g/mol. The third-order valence-corrected chi connectivity index (χ3v) is 8.69. The van der Waals surface area contributed by atoms with Gasteiger partial charge in [-0.25, -0.2) is 13.9 Å². The quantitative estimate of drug-likeness (QED) is 0.466. The summed E-state index contributed by atoms with van der Waals surface area (Å²) in [5, 5.41) is 20.2. The normalized spacial score (nSPS) is 21.7. The molecule has 2 N–H and O–H groups in total. The lowest BCUT2D eigenvalue weighted by Gasteiger charge is -2.39. The van der Waals surface area contributed by atoms with Gasteiger partial charge in [0.2, 0.25) is 5.91 Å². The number of carbonyl (C=O) groups excluding carboxylic acids is 2. The summed E-state index contributed by atoms with van der Waals surface area (Å²) in [6, 6.07) is 16.8. The SMILES string of the molecule is CNC(=O)N1CC(c2ccc(-c3cn(-c4ccc(F)cc4)nc3[C@@H]3CCCC[C@H]3C(=O)NC3(C#N)CC3)cc2)C1. The molecule has 3 amide bonds. The third-order valence-electron chi connectivity index (χ3n) is 8.69. The lowest BCUT2D eigenvalue weighted by Crippen LogP contribution is -2.51. The monoisotopic (exact) mass is 540 g/mol. The van der Waals surface area contributed by atoms with E-state index in [1.165, 1.54) is 17.7 Å². The zero-order valence-corrected chi connectivity index (χ0v) is 22.6. The van der Waals surface area contributed by atoms with Crippen molar-refractivity contribution in [3.63, 3.8) is 0 Å². The number of rotatable bonds is 6. The van der Waals surface area contributed by atoms with Crippen LogP contribution in [-0.4, -0.2) is 52.3 Å². The summed E-state index contributed by atoms with van der Waals surface area (Å²) < 4.78 is 15.4. The second-order valence-electron chi connectivity index (χ2n) is 11.3. The van der Waals surface area contributed by atoms with Crippen LogP contribution in [0, 0.1) is 23.1 Å². The minimum absolute atomic E-state index is 0.0563. The number of carbonyl (C=O) groups is 2. The van der Waals surface area contributed by atoms with Gasteiger partial charge in [0.15, 0.2) is 0 Å². The van der Waals surface area contributed by atoms with Gasteiger partial charge in [0.1, 0.15) is 11.4 Å². The van der Waals surface area contributed by atoms with E-state index in [-0.39, 0.29) is 29.6 Å². The molecule has 3 fully saturated rings. The third kappa shape index (κ3) is 4.94. The van der Waals surface area contributed by atoms with Gasteiger partial charge in [-0.1, -0.05) is 37.1 Å². The number of halogens is 1. The van der Waals surface area contributed by atoms with Crippen LogP contribution in [0.2, 0.25) is 0 Å². The van der Waals surface area contributed by atoms with Crippen molar-refractivity contribution >= 4 is 11.9 Å². The van der Waals surface area contributed by atoms with E-state index in [4.69, 9.17) is 5.10 Å². The zero-order valence-electron chi connectivity index (χ0n) is 22.6. The average Bonchev–Trinajstić information content (AvgIpc) is 3.59. The van der Waals surface area contributed by atoms with Gasteiger partial charge in [-0.3, -0.25) is 4.79 Å². The van der Waals surface area contributed by atoms with Crippen LogP contribution in [0.25, 0.3) is 16.8 Å². The first-order valence-electron chi connectivity index (χ1n) is 14.1. The number of nitrogens with zero attached hydrogens (tertiary/aromatic N) is 4. The van der Waals surface area contributed by atoms with Gasteiger partial charge in [-0.15, -0.1) is 0 Å². The molecular formula is C31H33FN6O2. The van der Waals surface area contributed by atoms with Gasteiger partial charge in [0, 0.05) is 49.7 Å². The molecule has 0 radical (unpaired) electrons. The minimum atomic E-state index is -0.708. The Morgan fingerprint density at radius 3 is 2.40 bits per heavy atom. The van der Waals surface area contributed by atoms with Crippen molar-refractivity contribution in [2.75, 3.05) is 20.1 Å². The highest BCUT2D eigenvalue weighted by molar-refractivity contribution is 5.82. The Bertz CT molecular complexity index is 1450. The van der Waals surface area contributed by atoms with E-state index in [0.29, 0.717) is 31.8 Å². The number of benzene rings is 2. The molecule has 2 aromatic carbocycles. The van der Waals surface area contributed by atoms with E-state index < -0.39 is 5.54 Å². The highest BCUT2D eigenvalue weighted by Crippen LogP contribution is 2.43. The standard InChI is InChI=1S/C31H33FN6O2/c1-34-30(40)37-16-22(17-37)20-6-8-21(9-7-20)27-18-38(24-12-10-23(32)11-13-24)36-28(27)25-4-2-3-5-26(25)29(39)35-31(19-33)14-15-31/h6-13,18,22,25-26H,2-5,14-17H2,1H3,(H,34,40)(H,35,39)/t25-,26-/m1/s1. The number of likely N-dealkylation sites (tertiary alicyclic amines) is 1. The van der Waals surface area contributed by atoms with E-state index in [1.54, 1.807) is 28.8 Å². The van der Waals surface area contributed by atoms with E-state index in [0.717, 1.165) is 48.2 Å². The van der Waals surface area contributed by atoms with Gasteiger partial charge in [0.05, 0.1) is 17.5 Å². The van der Waals surface area contributed by atoms with Crippen LogP contribution in [0.3, 0.4) is 0 Å². The molecule has 1 saturated heterocycles. The zero-order chi connectivity index (χ0) is 27.9. The number of urea groups is 1. The number of nitriles is 1. The molecule has 8 nitrogen and oxygen atoms in total. The molecule has 6 rings (SSSR count). The fourth-order valence-electron chi connectivity index (χ4n) is 6.05. The van der Waals surface area contributed by atoms with Crippen LogP contribution in [0.1, 0.15) is 61.6 Å². The minimum Gasteiger partial charge on any atom is -0.341 e. The van der Waals surface area contributed by atoms with Crippen molar-refractivity contribution in [1.82, 2.24) is 25.3 Å². The Balaban J connectivity index is 1.32. The summed E-state index contributed by atoms with van der Waals surface area (Å²) in [6.07, 6.45) is 6.92. The maximum atomic E-state index is 13.7. The molecular weight excluding hydrogens is 507 g/mol. The van der Waals surface area contributed by atoms with Crippen LogP contribution < -0.4 is 10.6 Å². The first-order chi connectivity index (χ1) is 19.4. The molecule has 9 heteroatoms. The molecule has 2 atom stereocenters. The van der Waals surface area contributed by atoms with Gasteiger partial charge in [0.25, 0.3) is 0 Å². The van der Waals surface area contributed by atoms with Gasteiger partial charge < -0.3 is 15.5 Å². The molecule has 2 saturated carbocycles. The number of nitrogens with one attached hydrogen (secondary N) is 2. The highest BCUT2D eigenvalue weighted by atomic mass is 19.1. The van der Waals surface area contributed by atoms with Crippen molar-refractivity contribution in [2.24, 2.45) is 5.92 Å². The molecule has 40 heavy (non-hydrogen) atoms. The van der Waals surface area contributed by atoms with Crippen molar-refractivity contribution in [2.45, 2.75) is 55.9 Å². The number of aromatic nitrogens is 2. The Morgan fingerprint density at radius 1 is 1.05 bits per heavy atom. The van der Waals surface area contributed by atoms with Crippen LogP contribution in [0.15, 0.2) is 54.7 Å². The first-order valence-corrected chi connectivity index (χ1v) is 14.1. The number of hydrogen-bond donors (Lipinski definition) is 2. The van der Waals surface area contributed by atoms with Crippen LogP contribution in [-0.2, 0) is 4.79 Å². The Hall–Kier alpha value is -4.19. The summed E-state index contributed by atoms with van der Waals surface area (Å²) in [6.45, 7) is 1.38. The number of hydrogen-bond acceptors (Lipinski definition) is 4. The topological polar surface area (TPSA) is 103 Å². The van der Waals surface area contributed by atoms with E-state index in [9.17, 15) is 19.2 Å². The molecule has 0 spiro atoms. The maximum Gasteiger partial charge on any atom is 0.317 e. The molecule has 206 valence electrons. The smallest absolute Gasteiger partial charge is 0.317 e. The molecule has 0 bridgehead atoms. The fourth-order valence-corrected chi connectivity index (χ4v) is 6.05. The first kappa shape index (κ1) is 26.1. The molecule has 3 aromatic rings. The summed E-state index contributed by atoms with van der Waals surface area (Å²) >= 11 is 0.